The molecule has 0 spiro atoms. The standard InChI is InChI=1S/C21H29N5O2/c1-25(2)15-13-23-21(28)19-24-18(17-10-6-7-14-26(17)19)20(27)22-12-11-16-8-4-3-5-9-16/h6-8,10,14H,3-5,9,11-13,15H2,1-2H3,(H,22,27)(H,23,28). The van der Waals surface area contributed by atoms with Crippen LogP contribution in [0.15, 0.2) is 36.0 Å². The molecule has 2 amide bonds. The smallest absolute Gasteiger partial charge is 0.287 e. The molecule has 0 aliphatic heterocycles. The predicted molar refractivity (Wildman–Crippen MR) is 110 cm³/mol. The van der Waals surface area contributed by atoms with Gasteiger partial charge in [-0.05, 0) is 58.3 Å². The number of hydrogen-bond acceptors (Lipinski definition) is 4. The van der Waals surface area contributed by atoms with Crippen LogP contribution < -0.4 is 10.6 Å². The highest BCUT2D eigenvalue weighted by Crippen LogP contribution is 2.19. The lowest BCUT2D eigenvalue weighted by Crippen LogP contribution is -2.32. The maximum absolute atomic E-state index is 12.7. The topological polar surface area (TPSA) is 78.7 Å². The number of rotatable bonds is 8. The Hall–Kier alpha value is -2.67. The van der Waals surface area contributed by atoms with E-state index in [0.29, 0.717) is 18.6 Å². The van der Waals surface area contributed by atoms with Gasteiger partial charge in [-0.15, -0.1) is 0 Å². The van der Waals surface area contributed by atoms with Crippen LogP contribution in [0.2, 0.25) is 0 Å². The van der Waals surface area contributed by atoms with Crippen molar-refractivity contribution in [2.45, 2.75) is 32.1 Å². The van der Waals surface area contributed by atoms with Crippen LogP contribution in [0.25, 0.3) is 5.52 Å². The van der Waals surface area contributed by atoms with Crippen LogP contribution in [0.4, 0.5) is 0 Å². The van der Waals surface area contributed by atoms with Crippen molar-refractivity contribution in [3.05, 3.63) is 47.6 Å². The second kappa shape index (κ2) is 9.50. The molecule has 0 saturated carbocycles. The molecule has 2 aromatic rings. The lowest BCUT2D eigenvalue weighted by molar-refractivity contribution is 0.0940. The van der Waals surface area contributed by atoms with E-state index in [9.17, 15) is 9.59 Å². The highest BCUT2D eigenvalue weighted by molar-refractivity contribution is 6.02. The van der Waals surface area contributed by atoms with E-state index in [-0.39, 0.29) is 23.3 Å². The Bertz CT molecular complexity index is 869. The van der Waals surface area contributed by atoms with Crippen LogP contribution in [0.5, 0.6) is 0 Å². The summed E-state index contributed by atoms with van der Waals surface area (Å²) in [7, 11) is 3.89. The number of fused-ring (bicyclic) bond motifs is 1. The average Bonchev–Trinajstić information content (AvgIpc) is 3.08. The molecule has 0 aromatic carbocycles. The molecule has 0 fully saturated rings. The molecule has 2 N–H and O–H groups in total. The molecule has 28 heavy (non-hydrogen) atoms. The summed E-state index contributed by atoms with van der Waals surface area (Å²) in [6.07, 6.45) is 9.68. The first kappa shape index (κ1) is 20.1. The lowest BCUT2D eigenvalue weighted by Gasteiger charge is -2.12. The van der Waals surface area contributed by atoms with Gasteiger partial charge in [0.2, 0.25) is 5.82 Å². The van der Waals surface area contributed by atoms with Gasteiger partial charge in [-0.3, -0.25) is 14.0 Å². The summed E-state index contributed by atoms with van der Waals surface area (Å²) < 4.78 is 1.67. The van der Waals surface area contributed by atoms with Crippen molar-refractivity contribution in [2.75, 3.05) is 33.7 Å². The lowest BCUT2D eigenvalue weighted by atomic mass is 9.97. The number of allylic oxidation sites excluding steroid dienone is 1. The number of pyridine rings is 1. The zero-order chi connectivity index (χ0) is 19.9. The van der Waals surface area contributed by atoms with E-state index in [1.165, 1.54) is 18.4 Å². The van der Waals surface area contributed by atoms with Gasteiger partial charge in [0.1, 0.15) is 0 Å². The predicted octanol–water partition coefficient (Wildman–Crippen LogP) is 2.25. The quantitative estimate of drug-likeness (QED) is 0.686. The van der Waals surface area contributed by atoms with Gasteiger partial charge in [-0.25, -0.2) is 4.98 Å². The third kappa shape index (κ3) is 4.98. The molecule has 0 unspecified atom stereocenters. The van der Waals surface area contributed by atoms with Gasteiger partial charge in [0.05, 0.1) is 5.52 Å². The second-order valence-corrected chi connectivity index (χ2v) is 7.41. The first-order chi connectivity index (χ1) is 13.6. The number of aromatic nitrogens is 2. The minimum absolute atomic E-state index is 0.231. The van der Waals surface area contributed by atoms with E-state index in [4.69, 9.17) is 0 Å². The van der Waals surface area contributed by atoms with Crippen LogP contribution in [0.1, 0.15) is 53.2 Å². The van der Waals surface area contributed by atoms with Crippen LogP contribution in [0, 0.1) is 0 Å². The summed E-state index contributed by atoms with van der Waals surface area (Å²) in [6, 6.07) is 5.47. The van der Waals surface area contributed by atoms with Crippen molar-refractivity contribution < 1.29 is 9.59 Å². The molecule has 2 heterocycles. The van der Waals surface area contributed by atoms with Gasteiger partial charge in [0.15, 0.2) is 5.69 Å². The van der Waals surface area contributed by atoms with E-state index in [2.05, 4.69) is 21.7 Å². The molecule has 0 atom stereocenters. The Kier molecular flexibility index (Phi) is 6.81. The van der Waals surface area contributed by atoms with E-state index in [1.807, 2.05) is 37.2 Å². The van der Waals surface area contributed by atoms with Gasteiger partial charge >= 0.3 is 0 Å². The molecule has 2 aromatic heterocycles. The molecule has 1 aliphatic rings. The number of carbonyl (C=O) groups is 2. The summed E-state index contributed by atoms with van der Waals surface area (Å²) >= 11 is 0. The van der Waals surface area contributed by atoms with E-state index in [0.717, 1.165) is 25.8 Å². The van der Waals surface area contributed by atoms with Crippen molar-refractivity contribution in [1.29, 1.82) is 0 Å². The summed E-state index contributed by atoms with van der Waals surface area (Å²) in [5.41, 5.74) is 2.34. The minimum Gasteiger partial charge on any atom is -0.350 e. The Morgan fingerprint density at radius 1 is 1.14 bits per heavy atom. The zero-order valence-electron chi connectivity index (χ0n) is 16.7. The van der Waals surface area contributed by atoms with Crippen molar-refractivity contribution in [3.63, 3.8) is 0 Å². The van der Waals surface area contributed by atoms with Crippen molar-refractivity contribution in [3.8, 4) is 0 Å². The fourth-order valence-corrected chi connectivity index (χ4v) is 3.39. The molecule has 150 valence electrons. The normalized spacial score (nSPS) is 14.2. The van der Waals surface area contributed by atoms with Crippen molar-refractivity contribution in [1.82, 2.24) is 24.9 Å². The van der Waals surface area contributed by atoms with Gasteiger partial charge in [0.25, 0.3) is 11.8 Å². The number of carbonyl (C=O) groups excluding carboxylic acids is 2. The Balaban J connectivity index is 1.69. The molecule has 0 saturated heterocycles. The SMILES string of the molecule is CN(C)CCNC(=O)c1nc(C(=O)NCCC2=CCCCC2)c2ccccn12. The summed E-state index contributed by atoms with van der Waals surface area (Å²) in [5, 5.41) is 5.81. The van der Waals surface area contributed by atoms with Gasteiger partial charge in [-0.2, -0.15) is 0 Å². The van der Waals surface area contributed by atoms with Crippen LogP contribution in [-0.4, -0.2) is 59.8 Å². The van der Waals surface area contributed by atoms with Crippen LogP contribution in [-0.2, 0) is 0 Å². The van der Waals surface area contributed by atoms with Gasteiger partial charge in [-0.1, -0.05) is 17.7 Å². The summed E-state index contributed by atoms with van der Waals surface area (Å²) in [4.78, 5) is 31.6. The van der Waals surface area contributed by atoms with E-state index < -0.39 is 0 Å². The fraction of sp³-hybridized carbons (Fsp3) is 0.476. The first-order valence-corrected chi connectivity index (χ1v) is 9.92. The molecular weight excluding hydrogens is 354 g/mol. The largest absolute Gasteiger partial charge is 0.350 e. The highest BCUT2D eigenvalue weighted by Gasteiger charge is 2.21. The maximum atomic E-state index is 12.7. The van der Waals surface area contributed by atoms with Gasteiger partial charge < -0.3 is 15.5 Å². The minimum atomic E-state index is -0.283. The Morgan fingerprint density at radius 3 is 2.71 bits per heavy atom. The molecule has 0 bridgehead atoms. The average molecular weight is 383 g/mol. The Morgan fingerprint density at radius 2 is 1.96 bits per heavy atom. The van der Waals surface area contributed by atoms with Crippen LogP contribution in [0.3, 0.4) is 0 Å². The molecule has 1 aliphatic carbocycles. The molecule has 7 heteroatoms. The number of imidazole rings is 1. The van der Waals surface area contributed by atoms with Crippen LogP contribution >= 0.6 is 0 Å². The number of amides is 2. The number of hydrogen-bond donors (Lipinski definition) is 2. The van der Waals surface area contributed by atoms with Crippen molar-refractivity contribution >= 4 is 17.3 Å². The Labute approximate surface area is 165 Å². The number of nitrogens with one attached hydrogen (secondary N) is 2. The first-order valence-electron chi connectivity index (χ1n) is 9.92. The molecule has 0 radical (unpaired) electrons. The zero-order valence-corrected chi connectivity index (χ0v) is 16.7. The number of nitrogens with zero attached hydrogens (tertiary/aromatic N) is 3. The second-order valence-electron chi connectivity index (χ2n) is 7.41. The highest BCUT2D eigenvalue weighted by atomic mass is 16.2. The fourth-order valence-electron chi connectivity index (χ4n) is 3.39. The third-order valence-electron chi connectivity index (χ3n) is 4.93. The van der Waals surface area contributed by atoms with E-state index in [1.54, 1.807) is 10.6 Å². The monoisotopic (exact) mass is 383 g/mol. The molecule has 7 nitrogen and oxygen atoms in total. The van der Waals surface area contributed by atoms with Gasteiger partial charge in [0, 0.05) is 25.8 Å². The molecular formula is C21H29N5O2. The van der Waals surface area contributed by atoms with Crippen molar-refractivity contribution in [2.24, 2.45) is 0 Å². The number of likely N-dealkylation sites (N-methyl/N-ethyl adjacent to an activating group) is 1. The third-order valence-corrected chi connectivity index (χ3v) is 4.93. The van der Waals surface area contributed by atoms with E-state index >= 15 is 0 Å². The summed E-state index contributed by atoms with van der Waals surface area (Å²) in [5.74, 6) is -0.295. The summed E-state index contributed by atoms with van der Waals surface area (Å²) in [6.45, 7) is 1.84. The maximum Gasteiger partial charge on any atom is 0.287 e. The molecule has 3 rings (SSSR count).